The average Bonchev–Trinajstić information content (AvgIpc) is 2.87. The predicted molar refractivity (Wildman–Crippen MR) is 70.3 cm³/mol. The standard InChI is InChI=1S/C13H25N3O2/c14-5-6-15-12(17)11-13(3-1-2-4-13)16-7-9-18-10-8-16/h1-11,14H2,(H,15,17). The number of nitrogens with two attached hydrogens (primary N) is 1. The normalized spacial score (nSPS) is 24.1. The van der Waals surface area contributed by atoms with Crippen molar-refractivity contribution in [2.75, 3.05) is 39.4 Å². The fraction of sp³-hybridized carbons (Fsp3) is 0.923. The molecular weight excluding hydrogens is 230 g/mol. The molecule has 2 aliphatic rings. The number of hydrogen-bond acceptors (Lipinski definition) is 4. The molecule has 2 fully saturated rings. The van der Waals surface area contributed by atoms with Crippen LogP contribution in [0.4, 0.5) is 0 Å². The molecule has 0 unspecified atom stereocenters. The zero-order valence-electron chi connectivity index (χ0n) is 11.1. The molecule has 5 heteroatoms. The van der Waals surface area contributed by atoms with Crippen molar-refractivity contribution in [2.24, 2.45) is 5.73 Å². The number of nitrogens with one attached hydrogen (secondary N) is 1. The van der Waals surface area contributed by atoms with Gasteiger partial charge in [-0.25, -0.2) is 0 Å². The molecule has 5 nitrogen and oxygen atoms in total. The summed E-state index contributed by atoms with van der Waals surface area (Å²) in [6.07, 6.45) is 5.38. The second-order valence-electron chi connectivity index (χ2n) is 5.35. The molecule has 1 aliphatic heterocycles. The Morgan fingerprint density at radius 2 is 1.94 bits per heavy atom. The van der Waals surface area contributed by atoms with Crippen molar-refractivity contribution < 1.29 is 9.53 Å². The van der Waals surface area contributed by atoms with Crippen LogP contribution in [0.15, 0.2) is 0 Å². The van der Waals surface area contributed by atoms with Crippen LogP contribution in [0.1, 0.15) is 32.1 Å². The van der Waals surface area contributed by atoms with Crippen LogP contribution in [-0.4, -0.2) is 55.7 Å². The van der Waals surface area contributed by atoms with Crippen LogP contribution in [0.5, 0.6) is 0 Å². The number of carbonyl (C=O) groups excluding carboxylic acids is 1. The maximum atomic E-state index is 12.0. The molecule has 1 amide bonds. The Hall–Kier alpha value is -0.650. The lowest BCUT2D eigenvalue weighted by Crippen LogP contribution is -2.54. The molecule has 0 aromatic rings. The van der Waals surface area contributed by atoms with Gasteiger partial charge in [0, 0.05) is 38.1 Å². The van der Waals surface area contributed by atoms with Gasteiger partial charge in [0.25, 0.3) is 0 Å². The van der Waals surface area contributed by atoms with Gasteiger partial charge in [-0.1, -0.05) is 12.8 Å². The number of nitrogens with zero attached hydrogens (tertiary/aromatic N) is 1. The lowest BCUT2D eigenvalue weighted by molar-refractivity contribution is -0.125. The lowest BCUT2D eigenvalue weighted by Gasteiger charge is -2.43. The van der Waals surface area contributed by atoms with Gasteiger partial charge in [0.1, 0.15) is 0 Å². The van der Waals surface area contributed by atoms with Gasteiger partial charge >= 0.3 is 0 Å². The highest BCUT2D eigenvalue weighted by Gasteiger charge is 2.41. The molecule has 1 heterocycles. The number of carbonyl (C=O) groups is 1. The van der Waals surface area contributed by atoms with E-state index in [4.69, 9.17) is 10.5 Å². The van der Waals surface area contributed by atoms with Gasteiger partial charge in [0.15, 0.2) is 0 Å². The van der Waals surface area contributed by atoms with Gasteiger partial charge in [-0.15, -0.1) is 0 Å². The van der Waals surface area contributed by atoms with E-state index in [9.17, 15) is 4.79 Å². The van der Waals surface area contributed by atoms with Crippen LogP contribution < -0.4 is 11.1 Å². The fourth-order valence-corrected chi connectivity index (χ4v) is 3.25. The van der Waals surface area contributed by atoms with Crippen molar-refractivity contribution in [3.8, 4) is 0 Å². The molecule has 104 valence electrons. The Morgan fingerprint density at radius 1 is 1.28 bits per heavy atom. The summed E-state index contributed by atoms with van der Waals surface area (Å²) >= 11 is 0. The molecule has 0 spiro atoms. The summed E-state index contributed by atoms with van der Waals surface area (Å²) in [5.41, 5.74) is 5.50. The number of amides is 1. The van der Waals surface area contributed by atoms with E-state index in [1.807, 2.05) is 0 Å². The maximum Gasteiger partial charge on any atom is 0.221 e. The molecular formula is C13H25N3O2. The van der Waals surface area contributed by atoms with E-state index in [0.29, 0.717) is 19.5 Å². The van der Waals surface area contributed by atoms with Gasteiger partial charge in [-0.3, -0.25) is 9.69 Å². The van der Waals surface area contributed by atoms with Crippen molar-refractivity contribution in [1.82, 2.24) is 10.2 Å². The first-order valence-corrected chi connectivity index (χ1v) is 7.06. The molecule has 3 N–H and O–H groups in total. The van der Waals surface area contributed by atoms with Gasteiger partial charge in [-0.2, -0.15) is 0 Å². The van der Waals surface area contributed by atoms with Gasteiger partial charge < -0.3 is 15.8 Å². The van der Waals surface area contributed by atoms with E-state index in [-0.39, 0.29) is 11.4 Å². The fourth-order valence-electron chi connectivity index (χ4n) is 3.25. The molecule has 0 aromatic carbocycles. The average molecular weight is 255 g/mol. The largest absolute Gasteiger partial charge is 0.379 e. The lowest BCUT2D eigenvalue weighted by atomic mass is 9.90. The summed E-state index contributed by atoms with van der Waals surface area (Å²) in [4.78, 5) is 14.5. The summed E-state index contributed by atoms with van der Waals surface area (Å²) in [6, 6.07) is 0. The van der Waals surface area contributed by atoms with Crippen molar-refractivity contribution in [3.05, 3.63) is 0 Å². The smallest absolute Gasteiger partial charge is 0.221 e. The summed E-state index contributed by atoms with van der Waals surface area (Å²) in [5, 5.41) is 2.90. The second kappa shape index (κ2) is 6.50. The molecule has 2 rings (SSSR count). The topological polar surface area (TPSA) is 67.6 Å². The highest BCUT2D eigenvalue weighted by Crippen LogP contribution is 2.38. The molecule has 1 saturated carbocycles. The van der Waals surface area contributed by atoms with Gasteiger partial charge in [-0.05, 0) is 12.8 Å². The summed E-state index contributed by atoms with van der Waals surface area (Å²) in [5.74, 6) is 0.147. The first kappa shape index (κ1) is 13.8. The number of hydrogen-bond donors (Lipinski definition) is 2. The molecule has 0 atom stereocenters. The van der Waals surface area contributed by atoms with Gasteiger partial charge in [0.05, 0.1) is 13.2 Å². The monoisotopic (exact) mass is 255 g/mol. The highest BCUT2D eigenvalue weighted by molar-refractivity contribution is 5.77. The zero-order valence-corrected chi connectivity index (χ0v) is 11.1. The summed E-state index contributed by atoms with van der Waals surface area (Å²) in [6.45, 7) is 4.61. The zero-order chi connectivity index (χ0) is 12.8. The minimum atomic E-state index is 0.0858. The highest BCUT2D eigenvalue weighted by atomic mass is 16.5. The maximum absolute atomic E-state index is 12.0. The van der Waals surface area contributed by atoms with Crippen molar-refractivity contribution in [3.63, 3.8) is 0 Å². The Morgan fingerprint density at radius 3 is 2.56 bits per heavy atom. The number of morpholine rings is 1. The Labute approximate surface area is 109 Å². The third-order valence-corrected chi connectivity index (χ3v) is 4.17. The Balaban J connectivity index is 1.95. The quantitative estimate of drug-likeness (QED) is 0.731. The second-order valence-corrected chi connectivity index (χ2v) is 5.35. The molecule has 1 saturated heterocycles. The molecule has 1 aliphatic carbocycles. The van der Waals surface area contributed by atoms with Crippen LogP contribution in [-0.2, 0) is 9.53 Å². The van der Waals surface area contributed by atoms with E-state index < -0.39 is 0 Å². The molecule has 0 bridgehead atoms. The Bertz CT molecular complexity index is 271. The van der Waals surface area contributed by atoms with Crippen LogP contribution in [0.25, 0.3) is 0 Å². The van der Waals surface area contributed by atoms with E-state index in [1.165, 1.54) is 12.8 Å². The van der Waals surface area contributed by atoms with Crippen molar-refractivity contribution in [2.45, 2.75) is 37.6 Å². The minimum Gasteiger partial charge on any atom is -0.379 e. The van der Waals surface area contributed by atoms with E-state index >= 15 is 0 Å². The van der Waals surface area contributed by atoms with E-state index in [0.717, 1.165) is 39.1 Å². The molecule has 0 aromatic heterocycles. The van der Waals surface area contributed by atoms with Crippen LogP contribution >= 0.6 is 0 Å². The number of ether oxygens (including phenoxy) is 1. The third kappa shape index (κ3) is 3.22. The molecule has 18 heavy (non-hydrogen) atoms. The van der Waals surface area contributed by atoms with Crippen LogP contribution in [0, 0.1) is 0 Å². The van der Waals surface area contributed by atoms with Crippen molar-refractivity contribution >= 4 is 5.91 Å². The van der Waals surface area contributed by atoms with Crippen molar-refractivity contribution in [1.29, 1.82) is 0 Å². The summed E-state index contributed by atoms with van der Waals surface area (Å²) in [7, 11) is 0. The van der Waals surface area contributed by atoms with Gasteiger partial charge in [0.2, 0.25) is 5.91 Å². The Kier molecular flexibility index (Phi) is 4.97. The SMILES string of the molecule is NCCNC(=O)CC1(N2CCOCC2)CCCC1. The predicted octanol–water partition coefficient (Wildman–Crippen LogP) is 0.0964. The van der Waals surface area contributed by atoms with E-state index in [1.54, 1.807) is 0 Å². The van der Waals surface area contributed by atoms with Crippen LogP contribution in [0.2, 0.25) is 0 Å². The third-order valence-electron chi connectivity index (χ3n) is 4.17. The summed E-state index contributed by atoms with van der Waals surface area (Å²) < 4.78 is 5.42. The first-order chi connectivity index (χ1) is 8.77. The number of rotatable bonds is 5. The van der Waals surface area contributed by atoms with Crippen LogP contribution in [0.3, 0.4) is 0 Å². The first-order valence-electron chi connectivity index (χ1n) is 7.06. The minimum absolute atomic E-state index is 0.0858. The molecule has 0 radical (unpaired) electrons. The van der Waals surface area contributed by atoms with E-state index in [2.05, 4.69) is 10.2 Å².